The van der Waals surface area contributed by atoms with Gasteiger partial charge in [0.25, 0.3) is 0 Å². The van der Waals surface area contributed by atoms with Crippen molar-refractivity contribution in [2.45, 2.75) is 32.2 Å². The van der Waals surface area contributed by atoms with Crippen molar-refractivity contribution in [1.29, 1.82) is 0 Å². The van der Waals surface area contributed by atoms with Gasteiger partial charge < -0.3 is 20.5 Å². The lowest BCUT2D eigenvalue weighted by molar-refractivity contribution is -0.119. The number of carbonyl (C=O) groups is 2. The SMILES string of the molecule is CC(C)(N)CCC(=O)N1CCOc2c(C(=O)O)cccc21. The molecule has 1 aliphatic heterocycles. The Labute approximate surface area is 123 Å². The largest absolute Gasteiger partial charge is 0.489 e. The van der Waals surface area contributed by atoms with Crippen molar-refractivity contribution in [3.63, 3.8) is 0 Å². The molecule has 2 rings (SSSR count). The number of rotatable bonds is 4. The molecule has 0 radical (unpaired) electrons. The second-order valence-electron chi connectivity index (χ2n) is 5.84. The summed E-state index contributed by atoms with van der Waals surface area (Å²) in [5, 5.41) is 9.18. The van der Waals surface area contributed by atoms with Gasteiger partial charge in [-0.1, -0.05) is 6.07 Å². The van der Waals surface area contributed by atoms with Gasteiger partial charge in [0.1, 0.15) is 12.2 Å². The summed E-state index contributed by atoms with van der Waals surface area (Å²) in [6.45, 7) is 4.45. The standard InChI is InChI=1S/C15H20N2O4/c1-15(2,16)7-6-12(18)17-8-9-21-13-10(14(19)20)4-3-5-11(13)17/h3-5H,6-9,16H2,1-2H3,(H,19,20). The fraction of sp³-hybridized carbons (Fsp3) is 0.467. The summed E-state index contributed by atoms with van der Waals surface area (Å²) in [6, 6.07) is 4.79. The number of amides is 1. The molecule has 6 heteroatoms. The molecule has 1 heterocycles. The van der Waals surface area contributed by atoms with E-state index in [1.165, 1.54) is 6.07 Å². The van der Waals surface area contributed by atoms with Crippen LogP contribution in [0.15, 0.2) is 18.2 Å². The Morgan fingerprint density at radius 3 is 2.76 bits per heavy atom. The number of fused-ring (bicyclic) bond motifs is 1. The maximum absolute atomic E-state index is 12.4. The minimum atomic E-state index is -1.07. The number of aromatic carboxylic acids is 1. The van der Waals surface area contributed by atoms with E-state index in [9.17, 15) is 14.7 Å². The number of carbonyl (C=O) groups excluding carboxylic acids is 1. The molecule has 21 heavy (non-hydrogen) atoms. The second kappa shape index (κ2) is 5.73. The number of nitrogens with zero attached hydrogens (tertiary/aromatic N) is 1. The number of para-hydroxylation sites is 1. The van der Waals surface area contributed by atoms with Gasteiger partial charge in [-0.3, -0.25) is 4.79 Å². The van der Waals surface area contributed by atoms with Gasteiger partial charge in [0.15, 0.2) is 5.75 Å². The zero-order valence-corrected chi connectivity index (χ0v) is 12.3. The summed E-state index contributed by atoms with van der Waals surface area (Å²) in [4.78, 5) is 25.1. The monoisotopic (exact) mass is 292 g/mol. The van der Waals surface area contributed by atoms with Gasteiger partial charge in [-0.2, -0.15) is 0 Å². The van der Waals surface area contributed by atoms with Gasteiger partial charge in [0, 0.05) is 12.0 Å². The number of carboxylic acid groups (broad SMARTS) is 1. The molecule has 0 saturated carbocycles. The maximum Gasteiger partial charge on any atom is 0.339 e. The lowest BCUT2D eigenvalue weighted by Gasteiger charge is -2.31. The van der Waals surface area contributed by atoms with E-state index in [-0.39, 0.29) is 23.8 Å². The van der Waals surface area contributed by atoms with Crippen LogP contribution in [-0.4, -0.2) is 35.7 Å². The molecule has 0 fully saturated rings. The van der Waals surface area contributed by atoms with E-state index in [0.29, 0.717) is 25.1 Å². The van der Waals surface area contributed by atoms with Crippen LogP contribution in [0, 0.1) is 0 Å². The van der Waals surface area contributed by atoms with E-state index in [1.807, 2.05) is 13.8 Å². The van der Waals surface area contributed by atoms with Gasteiger partial charge in [-0.15, -0.1) is 0 Å². The molecule has 0 saturated heterocycles. The predicted molar refractivity (Wildman–Crippen MR) is 78.7 cm³/mol. The molecule has 0 aromatic heterocycles. The topological polar surface area (TPSA) is 92.9 Å². The molecule has 0 bridgehead atoms. The average Bonchev–Trinajstić information content (AvgIpc) is 2.42. The van der Waals surface area contributed by atoms with Crippen LogP contribution in [0.1, 0.15) is 37.0 Å². The smallest absolute Gasteiger partial charge is 0.339 e. The van der Waals surface area contributed by atoms with Crippen LogP contribution in [0.3, 0.4) is 0 Å². The highest BCUT2D eigenvalue weighted by Crippen LogP contribution is 2.35. The van der Waals surface area contributed by atoms with E-state index in [2.05, 4.69) is 0 Å². The minimum absolute atomic E-state index is 0.0689. The van der Waals surface area contributed by atoms with Crippen molar-refractivity contribution in [2.75, 3.05) is 18.1 Å². The number of nitrogens with two attached hydrogens (primary N) is 1. The Bertz CT molecular complexity index is 563. The number of hydrogen-bond acceptors (Lipinski definition) is 4. The third kappa shape index (κ3) is 3.52. The summed E-state index contributed by atoms with van der Waals surface area (Å²) in [6.07, 6.45) is 0.886. The third-order valence-corrected chi connectivity index (χ3v) is 3.36. The number of benzene rings is 1. The molecule has 114 valence electrons. The summed E-state index contributed by atoms with van der Waals surface area (Å²) in [7, 11) is 0. The van der Waals surface area contributed by atoms with E-state index in [1.54, 1.807) is 17.0 Å². The molecule has 1 aliphatic rings. The predicted octanol–water partition coefficient (Wildman–Crippen LogP) is 1.63. The van der Waals surface area contributed by atoms with E-state index >= 15 is 0 Å². The summed E-state index contributed by atoms with van der Waals surface area (Å²) in [5.41, 5.74) is 6.08. The highest BCUT2D eigenvalue weighted by atomic mass is 16.5. The number of ether oxygens (including phenoxy) is 1. The van der Waals surface area contributed by atoms with Gasteiger partial charge >= 0.3 is 5.97 Å². The zero-order valence-electron chi connectivity index (χ0n) is 12.3. The van der Waals surface area contributed by atoms with Crippen molar-refractivity contribution < 1.29 is 19.4 Å². The Hall–Kier alpha value is -2.08. The molecule has 0 unspecified atom stereocenters. The average molecular weight is 292 g/mol. The summed E-state index contributed by atoms with van der Waals surface area (Å²) >= 11 is 0. The molecule has 1 aromatic rings. The maximum atomic E-state index is 12.4. The highest BCUT2D eigenvalue weighted by molar-refractivity contribution is 6.00. The van der Waals surface area contributed by atoms with Gasteiger partial charge in [-0.05, 0) is 32.4 Å². The molecule has 6 nitrogen and oxygen atoms in total. The normalized spacial score (nSPS) is 14.3. The molecular weight excluding hydrogens is 272 g/mol. The number of hydrogen-bond donors (Lipinski definition) is 2. The van der Waals surface area contributed by atoms with Crippen LogP contribution in [0.25, 0.3) is 0 Å². The lowest BCUT2D eigenvalue weighted by atomic mass is 9.99. The first-order valence-corrected chi connectivity index (χ1v) is 6.88. The van der Waals surface area contributed by atoms with Gasteiger partial charge in [0.05, 0.1) is 12.2 Å². The van der Waals surface area contributed by atoms with E-state index < -0.39 is 11.5 Å². The van der Waals surface area contributed by atoms with Crippen molar-refractivity contribution in [3.8, 4) is 5.75 Å². The molecule has 1 aromatic carbocycles. The van der Waals surface area contributed by atoms with Crippen LogP contribution >= 0.6 is 0 Å². The van der Waals surface area contributed by atoms with Crippen LogP contribution in [0.2, 0.25) is 0 Å². The quantitative estimate of drug-likeness (QED) is 0.879. The van der Waals surface area contributed by atoms with Crippen LogP contribution < -0.4 is 15.4 Å². The highest BCUT2D eigenvalue weighted by Gasteiger charge is 2.28. The zero-order chi connectivity index (χ0) is 15.6. The number of carboxylic acids is 1. The molecule has 1 amide bonds. The summed E-state index contributed by atoms with van der Waals surface area (Å²) < 4.78 is 5.44. The lowest BCUT2D eigenvalue weighted by Crippen LogP contribution is -2.40. The van der Waals surface area contributed by atoms with Crippen molar-refractivity contribution in [2.24, 2.45) is 5.73 Å². The molecule has 3 N–H and O–H groups in total. The Balaban J connectivity index is 2.24. The van der Waals surface area contributed by atoms with Crippen molar-refractivity contribution in [3.05, 3.63) is 23.8 Å². The Morgan fingerprint density at radius 1 is 1.43 bits per heavy atom. The summed E-state index contributed by atoms with van der Waals surface area (Å²) in [5.74, 6) is -0.874. The first-order chi connectivity index (χ1) is 9.79. The molecule has 0 aliphatic carbocycles. The van der Waals surface area contributed by atoms with Gasteiger partial charge in [-0.25, -0.2) is 4.79 Å². The minimum Gasteiger partial charge on any atom is -0.489 e. The van der Waals surface area contributed by atoms with Crippen molar-refractivity contribution >= 4 is 17.6 Å². The van der Waals surface area contributed by atoms with Gasteiger partial charge in [0.2, 0.25) is 5.91 Å². The van der Waals surface area contributed by atoms with E-state index in [0.717, 1.165) is 0 Å². The third-order valence-electron chi connectivity index (χ3n) is 3.36. The first kappa shape index (κ1) is 15.3. The second-order valence-corrected chi connectivity index (χ2v) is 5.84. The number of anilines is 1. The van der Waals surface area contributed by atoms with Crippen LogP contribution in [-0.2, 0) is 4.79 Å². The van der Waals surface area contributed by atoms with Crippen LogP contribution in [0.5, 0.6) is 5.75 Å². The van der Waals surface area contributed by atoms with E-state index in [4.69, 9.17) is 10.5 Å². The van der Waals surface area contributed by atoms with Crippen LogP contribution in [0.4, 0.5) is 5.69 Å². The molecule has 0 atom stereocenters. The fourth-order valence-corrected chi connectivity index (χ4v) is 2.24. The Kier molecular flexibility index (Phi) is 4.18. The Morgan fingerprint density at radius 2 is 2.14 bits per heavy atom. The fourth-order valence-electron chi connectivity index (χ4n) is 2.24. The molecule has 0 spiro atoms. The first-order valence-electron chi connectivity index (χ1n) is 6.88. The van der Waals surface area contributed by atoms with Crippen molar-refractivity contribution in [1.82, 2.24) is 0 Å². The molecular formula is C15H20N2O4.